The highest BCUT2D eigenvalue weighted by atomic mass is 16.5. The highest BCUT2D eigenvalue weighted by Crippen LogP contribution is 1.88. The maximum Gasteiger partial charge on any atom is 0.0818 e. The lowest BCUT2D eigenvalue weighted by Crippen LogP contribution is -2.16. The van der Waals surface area contributed by atoms with Crippen molar-refractivity contribution in [3.8, 4) is 6.07 Å². The van der Waals surface area contributed by atoms with E-state index in [1.165, 1.54) is 0 Å². The van der Waals surface area contributed by atoms with Gasteiger partial charge in [-0.3, -0.25) is 0 Å². The van der Waals surface area contributed by atoms with Gasteiger partial charge in [-0.25, -0.2) is 0 Å². The topological polar surface area (TPSA) is 59.0 Å². The summed E-state index contributed by atoms with van der Waals surface area (Å²) in [6, 6.07) is 2.00. The van der Waals surface area contributed by atoms with Crippen LogP contribution >= 0.6 is 0 Å². The molecule has 1 atom stereocenters. The fourth-order valence-corrected chi connectivity index (χ4v) is 0.359. The van der Waals surface area contributed by atoms with Crippen molar-refractivity contribution in [1.29, 1.82) is 5.26 Å². The van der Waals surface area contributed by atoms with Crippen LogP contribution < -0.4 is 5.73 Å². The summed E-state index contributed by atoms with van der Waals surface area (Å²) in [5, 5.41) is 8.25. The first-order chi connectivity index (χ1) is 3.85. The normalized spacial score (nSPS) is 12.6. The van der Waals surface area contributed by atoms with E-state index >= 15 is 0 Å². The van der Waals surface area contributed by atoms with Gasteiger partial charge in [0.2, 0.25) is 0 Å². The number of nitriles is 1. The molecule has 0 bridgehead atoms. The van der Waals surface area contributed by atoms with Crippen LogP contribution in [-0.4, -0.2) is 20.3 Å². The van der Waals surface area contributed by atoms with Crippen LogP contribution in [0.5, 0.6) is 0 Å². The maximum absolute atomic E-state index is 8.25. The molecule has 0 heterocycles. The lowest BCUT2D eigenvalue weighted by molar-refractivity contribution is 0.175. The van der Waals surface area contributed by atoms with Crippen LogP contribution in [0.15, 0.2) is 0 Å². The number of nitrogens with two attached hydrogens (primary N) is 1. The molecule has 0 fully saturated rings. The van der Waals surface area contributed by atoms with Crippen molar-refractivity contribution >= 4 is 0 Å². The van der Waals surface area contributed by atoms with Crippen LogP contribution in [0.25, 0.3) is 0 Å². The summed E-state index contributed by atoms with van der Waals surface area (Å²) in [4.78, 5) is 0. The fourth-order valence-electron chi connectivity index (χ4n) is 0.359. The molecule has 0 aromatic heterocycles. The van der Waals surface area contributed by atoms with E-state index in [0.717, 1.165) is 0 Å². The number of hydrogen-bond donors (Lipinski definition) is 1. The second kappa shape index (κ2) is 4.57. The van der Waals surface area contributed by atoms with Crippen LogP contribution in [-0.2, 0) is 4.74 Å². The van der Waals surface area contributed by atoms with Gasteiger partial charge < -0.3 is 10.5 Å². The molecule has 0 saturated heterocycles. The van der Waals surface area contributed by atoms with Crippen LogP contribution in [0.1, 0.15) is 0 Å². The smallest absolute Gasteiger partial charge is 0.0818 e. The van der Waals surface area contributed by atoms with Gasteiger partial charge in [0.15, 0.2) is 0 Å². The third kappa shape index (κ3) is 2.56. The largest absolute Gasteiger partial charge is 0.383 e. The van der Waals surface area contributed by atoms with E-state index < -0.39 is 0 Å². The summed E-state index contributed by atoms with van der Waals surface area (Å²) < 4.78 is 4.68. The van der Waals surface area contributed by atoms with Gasteiger partial charge in [0.25, 0.3) is 0 Å². The standard InChI is InChI=1S/C5H10N2O/c1-8-4-5(2-6)3-7/h5H,2,4,6H2,1H3. The van der Waals surface area contributed by atoms with Crippen molar-refractivity contribution in [3.05, 3.63) is 0 Å². The number of hydrogen-bond acceptors (Lipinski definition) is 3. The van der Waals surface area contributed by atoms with E-state index in [0.29, 0.717) is 13.2 Å². The molecule has 0 amide bonds. The number of nitrogens with zero attached hydrogens (tertiary/aromatic N) is 1. The number of rotatable bonds is 3. The molecule has 46 valence electrons. The van der Waals surface area contributed by atoms with Crippen LogP contribution in [0.4, 0.5) is 0 Å². The first-order valence-electron chi connectivity index (χ1n) is 2.43. The molecule has 0 radical (unpaired) electrons. The van der Waals surface area contributed by atoms with Crippen LogP contribution in [0.2, 0.25) is 0 Å². The van der Waals surface area contributed by atoms with Crippen LogP contribution in [0.3, 0.4) is 0 Å². The zero-order valence-corrected chi connectivity index (χ0v) is 4.92. The Bertz CT molecular complexity index is 86.9. The molecule has 0 aromatic rings. The van der Waals surface area contributed by atoms with E-state index in [4.69, 9.17) is 11.0 Å². The molecule has 8 heavy (non-hydrogen) atoms. The van der Waals surface area contributed by atoms with Crippen molar-refractivity contribution < 1.29 is 4.74 Å². The monoisotopic (exact) mass is 114 g/mol. The minimum atomic E-state index is -0.139. The van der Waals surface area contributed by atoms with Gasteiger partial charge >= 0.3 is 0 Å². The molecule has 0 saturated carbocycles. The predicted octanol–water partition coefficient (Wildman–Crippen LogP) is -0.269. The zero-order chi connectivity index (χ0) is 6.41. The summed E-state index contributed by atoms with van der Waals surface area (Å²) in [5.74, 6) is -0.139. The highest BCUT2D eigenvalue weighted by Gasteiger charge is 2.00. The van der Waals surface area contributed by atoms with E-state index in [1.807, 2.05) is 6.07 Å². The van der Waals surface area contributed by atoms with Gasteiger partial charge in [0.05, 0.1) is 18.6 Å². The lowest BCUT2D eigenvalue weighted by Gasteiger charge is -2.00. The van der Waals surface area contributed by atoms with Crippen molar-refractivity contribution in [2.45, 2.75) is 0 Å². The van der Waals surface area contributed by atoms with Crippen molar-refractivity contribution in [1.82, 2.24) is 0 Å². The Labute approximate surface area is 49.0 Å². The Kier molecular flexibility index (Phi) is 4.23. The fraction of sp³-hybridized carbons (Fsp3) is 0.800. The maximum atomic E-state index is 8.25. The Morgan fingerprint density at radius 3 is 2.62 bits per heavy atom. The van der Waals surface area contributed by atoms with Gasteiger partial charge in [-0.05, 0) is 0 Å². The predicted molar refractivity (Wildman–Crippen MR) is 30.0 cm³/mol. The molecule has 0 aliphatic heterocycles. The Morgan fingerprint density at radius 1 is 1.88 bits per heavy atom. The van der Waals surface area contributed by atoms with E-state index in [9.17, 15) is 0 Å². The quantitative estimate of drug-likeness (QED) is 0.549. The highest BCUT2D eigenvalue weighted by molar-refractivity contribution is 4.82. The van der Waals surface area contributed by atoms with Gasteiger partial charge in [-0.1, -0.05) is 0 Å². The average molecular weight is 114 g/mol. The van der Waals surface area contributed by atoms with E-state index in [2.05, 4.69) is 4.74 Å². The molecule has 0 aliphatic carbocycles. The van der Waals surface area contributed by atoms with Crippen molar-refractivity contribution in [3.63, 3.8) is 0 Å². The zero-order valence-electron chi connectivity index (χ0n) is 4.92. The van der Waals surface area contributed by atoms with Gasteiger partial charge in [-0.2, -0.15) is 5.26 Å². The van der Waals surface area contributed by atoms with Crippen molar-refractivity contribution in [2.24, 2.45) is 11.7 Å². The summed E-state index contributed by atoms with van der Waals surface area (Å²) in [7, 11) is 1.56. The SMILES string of the molecule is COCC(C#N)CN. The van der Waals surface area contributed by atoms with Gasteiger partial charge in [-0.15, -0.1) is 0 Å². The van der Waals surface area contributed by atoms with Crippen molar-refractivity contribution in [2.75, 3.05) is 20.3 Å². The second-order valence-corrected chi connectivity index (χ2v) is 1.52. The summed E-state index contributed by atoms with van der Waals surface area (Å²) in [5.41, 5.74) is 5.17. The summed E-state index contributed by atoms with van der Waals surface area (Å²) in [6.45, 7) is 0.817. The Hall–Kier alpha value is -0.590. The van der Waals surface area contributed by atoms with E-state index in [1.54, 1.807) is 7.11 Å². The molecular weight excluding hydrogens is 104 g/mol. The Morgan fingerprint density at radius 2 is 2.50 bits per heavy atom. The first-order valence-corrected chi connectivity index (χ1v) is 2.43. The molecule has 3 heteroatoms. The third-order valence-corrected chi connectivity index (χ3v) is 0.835. The molecule has 0 aliphatic rings. The molecule has 0 rings (SSSR count). The van der Waals surface area contributed by atoms with Gasteiger partial charge in [0.1, 0.15) is 0 Å². The minimum absolute atomic E-state index is 0.139. The van der Waals surface area contributed by atoms with Gasteiger partial charge in [0, 0.05) is 13.7 Å². The lowest BCUT2D eigenvalue weighted by atomic mass is 10.2. The summed E-state index contributed by atoms with van der Waals surface area (Å²) in [6.07, 6.45) is 0. The molecule has 1 unspecified atom stereocenters. The molecule has 0 aromatic carbocycles. The second-order valence-electron chi connectivity index (χ2n) is 1.52. The average Bonchev–Trinajstić information content (AvgIpc) is 1.83. The molecular formula is C5H10N2O. The van der Waals surface area contributed by atoms with E-state index in [-0.39, 0.29) is 5.92 Å². The molecule has 2 N–H and O–H groups in total. The first kappa shape index (κ1) is 7.41. The number of methoxy groups -OCH3 is 1. The number of ether oxygens (including phenoxy) is 1. The Balaban J connectivity index is 3.26. The minimum Gasteiger partial charge on any atom is -0.383 e. The molecule has 3 nitrogen and oxygen atoms in total. The van der Waals surface area contributed by atoms with Crippen LogP contribution in [0, 0.1) is 17.2 Å². The molecule has 0 spiro atoms. The summed E-state index contributed by atoms with van der Waals surface area (Å²) >= 11 is 0. The third-order valence-electron chi connectivity index (χ3n) is 0.835.